The summed E-state index contributed by atoms with van der Waals surface area (Å²) >= 11 is 0. The maximum absolute atomic E-state index is 10.3. The fraction of sp³-hybridized carbons (Fsp3) is 0.308. The van der Waals surface area contributed by atoms with Gasteiger partial charge >= 0.3 is 0 Å². The molecule has 1 rings (SSSR count). The molecule has 2 heteroatoms. The van der Waals surface area contributed by atoms with Crippen LogP contribution >= 0.6 is 0 Å². The van der Waals surface area contributed by atoms with Gasteiger partial charge in [-0.2, -0.15) is 0 Å². The van der Waals surface area contributed by atoms with Gasteiger partial charge in [-0.3, -0.25) is 4.79 Å². The summed E-state index contributed by atoms with van der Waals surface area (Å²) in [5, 5.41) is 0. The molecule has 0 aromatic heterocycles. The van der Waals surface area contributed by atoms with Crippen molar-refractivity contribution < 1.29 is 9.53 Å². The normalized spacial score (nSPS) is 9.53. The van der Waals surface area contributed by atoms with E-state index >= 15 is 0 Å². The van der Waals surface area contributed by atoms with Crippen molar-refractivity contribution in [2.45, 2.75) is 13.3 Å². The predicted molar refractivity (Wildman–Crippen MR) is 64.1 cm³/mol. The summed E-state index contributed by atoms with van der Waals surface area (Å²) < 4.78 is 4.25. The molecular weight excluding hydrogens is 188 g/mol. The van der Waals surface area contributed by atoms with Crippen molar-refractivity contribution in [3.8, 4) is 0 Å². The highest BCUT2D eigenvalue weighted by molar-refractivity contribution is 5.75. The summed E-state index contributed by atoms with van der Waals surface area (Å²) in [6, 6.07) is 7.52. The zero-order valence-electron chi connectivity index (χ0n) is 9.57. The number of carbonyl (C=O) groups is 1. The van der Waals surface area contributed by atoms with Crippen LogP contribution in [0.2, 0.25) is 0 Å². The smallest absolute Gasteiger partial charge is 0.150 e. The highest BCUT2D eigenvalue weighted by Gasteiger charge is 1.87. The van der Waals surface area contributed by atoms with Crippen LogP contribution in [-0.2, 0) is 4.74 Å². The Kier molecular flexibility index (Phi) is 8.30. The average molecular weight is 206 g/mol. The van der Waals surface area contributed by atoms with E-state index in [1.54, 1.807) is 14.2 Å². The minimum absolute atomic E-state index is 0.726. The molecule has 0 N–H and O–H groups in total. The van der Waals surface area contributed by atoms with Crippen molar-refractivity contribution in [1.29, 1.82) is 0 Å². The van der Waals surface area contributed by atoms with Crippen LogP contribution in [0.25, 0.3) is 6.08 Å². The number of benzene rings is 1. The van der Waals surface area contributed by atoms with E-state index < -0.39 is 0 Å². The third-order valence-electron chi connectivity index (χ3n) is 1.62. The summed E-state index contributed by atoms with van der Waals surface area (Å²) in [5.41, 5.74) is 1.87. The average Bonchev–Trinajstić information content (AvgIpc) is 2.28. The highest BCUT2D eigenvalue weighted by Crippen LogP contribution is 2.04. The first-order chi connectivity index (χ1) is 7.28. The maximum Gasteiger partial charge on any atom is 0.150 e. The van der Waals surface area contributed by atoms with Gasteiger partial charge in [0.15, 0.2) is 0 Å². The van der Waals surface area contributed by atoms with Gasteiger partial charge in [0.2, 0.25) is 0 Å². The number of methoxy groups -OCH3 is 1. The lowest BCUT2D eigenvalue weighted by atomic mass is 10.1. The third-order valence-corrected chi connectivity index (χ3v) is 1.62. The topological polar surface area (TPSA) is 26.3 Å². The second-order valence-electron chi connectivity index (χ2n) is 3.00. The fourth-order valence-electron chi connectivity index (χ4n) is 0.940. The van der Waals surface area contributed by atoms with E-state index in [0.717, 1.165) is 23.8 Å². The lowest BCUT2D eigenvalue weighted by molar-refractivity contribution is 0.112. The fourth-order valence-corrected chi connectivity index (χ4v) is 0.940. The maximum atomic E-state index is 10.3. The minimum atomic E-state index is 0.726. The number of hydrogen-bond donors (Lipinski definition) is 0. The predicted octanol–water partition coefficient (Wildman–Crippen LogP) is 3.18. The molecule has 1 aromatic rings. The molecular formula is C13H18O2. The van der Waals surface area contributed by atoms with Gasteiger partial charge in [-0.25, -0.2) is 0 Å². The second kappa shape index (κ2) is 9.16. The van der Waals surface area contributed by atoms with Crippen LogP contribution in [-0.4, -0.2) is 20.5 Å². The number of allylic oxidation sites excluding steroid dienone is 1. The van der Waals surface area contributed by atoms with Gasteiger partial charge in [0.05, 0.1) is 0 Å². The molecule has 0 saturated heterocycles. The molecule has 0 spiro atoms. The van der Waals surface area contributed by atoms with Crippen LogP contribution in [0.5, 0.6) is 0 Å². The SMILES string of the molecule is CCC=Cc1ccc(C=O)cc1.COC. The second-order valence-corrected chi connectivity index (χ2v) is 3.00. The molecule has 0 fully saturated rings. The van der Waals surface area contributed by atoms with E-state index in [2.05, 4.69) is 23.8 Å². The van der Waals surface area contributed by atoms with Crippen molar-refractivity contribution >= 4 is 12.4 Å². The van der Waals surface area contributed by atoms with Crippen LogP contribution in [0.1, 0.15) is 29.3 Å². The molecule has 0 heterocycles. The molecule has 1 aromatic carbocycles. The molecule has 0 aliphatic heterocycles. The quantitative estimate of drug-likeness (QED) is 0.710. The van der Waals surface area contributed by atoms with E-state index in [4.69, 9.17) is 0 Å². The number of carbonyl (C=O) groups excluding carboxylic acids is 1. The van der Waals surface area contributed by atoms with Gasteiger partial charge in [0.25, 0.3) is 0 Å². The van der Waals surface area contributed by atoms with E-state index in [-0.39, 0.29) is 0 Å². The molecule has 15 heavy (non-hydrogen) atoms. The molecule has 0 aliphatic carbocycles. The molecule has 0 unspecified atom stereocenters. The van der Waals surface area contributed by atoms with Gasteiger partial charge in [-0.15, -0.1) is 0 Å². The summed E-state index contributed by atoms with van der Waals surface area (Å²) in [6.45, 7) is 2.09. The Balaban J connectivity index is 0.000000583. The Labute approximate surface area is 91.6 Å². The number of rotatable bonds is 3. The lowest BCUT2D eigenvalue weighted by Gasteiger charge is -1.92. The van der Waals surface area contributed by atoms with Crippen LogP contribution in [0, 0.1) is 0 Å². The first-order valence-corrected chi connectivity index (χ1v) is 4.90. The first kappa shape index (κ1) is 13.6. The molecule has 0 saturated carbocycles. The Morgan fingerprint density at radius 1 is 1.13 bits per heavy atom. The first-order valence-electron chi connectivity index (χ1n) is 4.90. The molecule has 0 amide bonds. The molecule has 0 bridgehead atoms. The van der Waals surface area contributed by atoms with E-state index in [1.165, 1.54) is 0 Å². The minimum Gasteiger partial charge on any atom is -0.388 e. The van der Waals surface area contributed by atoms with Crippen molar-refractivity contribution in [3.05, 3.63) is 41.5 Å². The van der Waals surface area contributed by atoms with E-state index in [1.807, 2.05) is 24.3 Å². The summed E-state index contributed by atoms with van der Waals surface area (Å²) in [4.78, 5) is 10.3. The number of hydrogen-bond acceptors (Lipinski definition) is 2. The number of aldehydes is 1. The monoisotopic (exact) mass is 206 g/mol. The number of ether oxygens (including phenoxy) is 1. The zero-order valence-corrected chi connectivity index (χ0v) is 9.57. The Hall–Kier alpha value is -1.41. The standard InChI is InChI=1S/C11H12O.C2H6O/c1-2-3-4-10-5-7-11(9-12)8-6-10;1-3-2/h3-9H,2H2,1H3;1-2H3. The van der Waals surface area contributed by atoms with Gasteiger partial charge in [0.1, 0.15) is 6.29 Å². The molecule has 0 atom stereocenters. The van der Waals surface area contributed by atoms with Crippen LogP contribution in [0.3, 0.4) is 0 Å². The van der Waals surface area contributed by atoms with Gasteiger partial charge in [-0.05, 0) is 12.0 Å². The Morgan fingerprint density at radius 3 is 2.00 bits per heavy atom. The van der Waals surface area contributed by atoms with Crippen LogP contribution in [0.15, 0.2) is 30.3 Å². The van der Waals surface area contributed by atoms with Crippen LogP contribution < -0.4 is 0 Å². The molecule has 2 nitrogen and oxygen atoms in total. The van der Waals surface area contributed by atoms with Gasteiger partial charge in [-0.1, -0.05) is 43.3 Å². The largest absolute Gasteiger partial charge is 0.388 e. The van der Waals surface area contributed by atoms with Crippen LogP contribution in [0.4, 0.5) is 0 Å². The lowest BCUT2D eigenvalue weighted by Crippen LogP contribution is -1.78. The summed E-state index contributed by atoms with van der Waals surface area (Å²) in [7, 11) is 3.25. The van der Waals surface area contributed by atoms with E-state index in [0.29, 0.717) is 0 Å². The molecule has 0 radical (unpaired) electrons. The molecule has 82 valence electrons. The summed E-state index contributed by atoms with van der Waals surface area (Å²) in [5.74, 6) is 0. The highest BCUT2D eigenvalue weighted by atomic mass is 16.4. The Bertz CT molecular complexity index is 286. The zero-order chi connectivity index (χ0) is 11.5. The van der Waals surface area contributed by atoms with Crippen molar-refractivity contribution in [3.63, 3.8) is 0 Å². The van der Waals surface area contributed by atoms with Crippen molar-refractivity contribution in [1.82, 2.24) is 0 Å². The Morgan fingerprint density at radius 2 is 1.60 bits per heavy atom. The molecule has 0 aliphatic rings. The van der Waals surface area contributed by atoms with E-state index in [9.17, 15) is 4.79 Å². The van der Waals surface area contributed by atoms with Gasteiger partial charge in [0, 0.05) is 19.8 Å². The van der Waals surface area contributed by atoms with Crippen molar-refractivity contribution in [2.75, 3.05) is 14.2 Å². The summed E-state index contributed by atoms with van der Waals surface area (Å²) in [6.07, 6.45) is 6.03. The third kappa shape index (κ3) is 6.63. The van der Waals surface area contributed by atoms with Gasteiger partial charge < -0.3 is 4.74 Å². The van der Waals surface area contributed by atoms with Crippen molar-refractivity contribution in [2.24, 2.45) is 0 Å².